The number of aliphatic carboxylic acids is 1. The van der Waals surface area contributed by atoms with Gasteiger partial charge in [0.15, 0.2) is 0 Å². The van der Waals surface area contributed by atoms with E-state index in [-0.39, 0.29) is 15.6 Å². The van der Waals surface area contributed by atoms with E-state index in [0.717, 1.165) is 0 Å². The number of nitrogens with two attached hydrogens (primary N) is 1. The zero-order valence-electron chi connectivity index (χ0n) is 8.84. The van der Waals surface area contributed by atoms with Gasteiger partial charge in [-0.25, -0.2) is 13.6 Å². The summed E-state index contributed by atoms with van der Waals surface area (Å²) in [4.78, 5) is 10.5. The van der Waals surface area contributed by atoms with E-state index in [1.165, 1.54) is 25.1 Å². The smallest absolute Gasteiger partial charge is 0.325 e. The van der Waals surface area contributed by atoms with Crippen molar-refractivity contribution in [2.75, 3.05) is 5.32 Å². The molecule has 94 valence electrons. The summed E-state index contributed by atoms with van der Waals surface area (Å²) in [7, 11) is -3.84. The summed E-state index contributed by atoms with van der Waals surface area (Å²) in [6.07, 6.45) is 0. The Hall–Kier alpha value is -1.31. The van der Waals surface area contributed by atoms with Crippen LogP contribution in [0.5, 0.6) is 0 Å². The van der Waals surface area contributed by atoms with Crippen LogP contribution in [-0.2, 0) is 14.8 Å². The van der Waals surface area contributed by atoms with Crippen molar-refractivity contribution in [2.24, 2.45) is 5.14 Å². The van der Waals surface area contributed by atoms with Crippen molar-refractivity contribution in [2.45, 2.75) is 17.9 Å². The second-order valence-electron chi connectivity index (χ2n) is 3.39. The predicted molar refractivity (Wildman–Crippen MR) is 63.5 cm³/mol. The molecule has 0 saturated carbocycles. The molecule has 6 nitrogen and oxygen atoms in total. The number of halogens is 1. The summed E-state index contributed by atoms with van der Waals surface area (Å²) < 4.78 is 22.2. The third-order valence-electron chi connectivity index (χ3n) is 2.01. The second kappa shape index (κ2) is 4.91. The third kappa shape index (κ3) is 3.58. The maximum Gasteiger partial charge on any atom is 0.325 e. The molecule has 0 aliphatic rings. The van der Waals surface area contributed by atoms with E-state index < -0.39 is 22.0 Å². The molecule has 4 N–H and O–H groups in total. The van der Waals surface area contributed by atoms with E-state index in [1.54, 1.807) is 0 Å². The first-order valence-electron chi connectivity index (χ1n) is 4.53. The molecule has 1 atom stereocenters. The van der Waals surface area contributed by atoms with Crippen LogP contribution in [-0.4, -0.2) is 25.5 Å². The van der Waals surface area contributed by atoms with Crippen molar-refractivity contribution in [1.29, 1.82) is 0 Å². The van der Waals surface area contributed by atoms with Crippen LogP contribution in [0.4, 0.5) is 5.69 Å². The Labute approximate surface area is 103 Å². The predicted octanol–water partition coefficient (Wildman–Crippen LogP) is 0.872. The monoisotopic (exact) mass is 278 g/mol. The highest BCUT2D eigenvalue weighted by Gasteiger charge is 2.15. The van der Waals surface area contributed by atoms with Crippen LogP contribution in [0.2, 0.25) is 5.02 Å². The van der Waals surface area contributed by atoms with Gasteiger partial charge >= 0.3 is 5.97 Å². The molecule has 0 heterocycles. The van der Waals surface area contributed by atoms with Crippen molar-refractivity contribution in [3.05, 3.63) is 23.2 Å². The van der Waals surface area contributed by atoms with Crippen LogP contribution in [0, 0.1) is 0 Å². The molecule has 0 amide bonds. The summed E-state index contributed by atoms with van der Waals surface area (Å²) in [6.45, 7) is 1.41. The second-order valence-corrected chi connectivity index (χ2v) is 5.36. The molecule has 0 bridgehead atoms. The fourth-order valence-corrected chi connectivity index (χ4v) is 1.80. The van der Waals surface area contributed by atoms with Crippen LogP contribution >= 0.6 is 11.6 Å². The maximum absolute atomic E-state index is 11.1. The van der Waals surface area contributed by atoms with Crippen LogP contribution in [0.25, 0.3) is 0 Å². The molecule has 0 fully saturated rings. The van der Waals surface area contributed by atoms with E-state index in [4.69, 9.17) is 21.8 Å². The van der Waals surface area contributed by atoms with Crippen LogP contribution in [0.3, 0.4) is 0 Å². The van der Waals surface area contributed by atoms with Gasteiger partial charge in [-0.15, -0.1) is 0 Å². The summed E-state index contributed by atoms with van der Waals surface area (Å²) in [5.74, 6) is -1.08. The summed E-state index contributed by atoms with van der Waals surface area (Å²) in [5.41, 5.74) is 0.202. The molecule has 1 aromatic carbocycles. The number of nitrogens with one attached hydrogen (secondary N) is 1. The molecule has 0 saturated heterocycles. The molecule has 0 aromatic heterocycles. The third-order valence-corrected chi connectivity index (χ3v) is 3.25. The van der Waals surface area contributed by atoms with E-state index in [1.807, 2.05) is 0 Å². The lowest BCUT2D eigenvalue weighted by molar-refractivity contribution is -0.137. The van der Waals surface area contributed by atoms with Gasteiger partial charge in [0.2, 0.25) is 10.0 Å². The first-order chi connectivity index (χ1) is 7.71. The van der Waals surface area contributed by atoms with E-state index >= 15 is 0 Å². The number of hydrogen-bond acceptors (Lipinski definition) is 4. The van der Waals surface area contributed by atoms with Crippen molar-refractivity contribution < 1.29 is 18.3 Å². The molecular formula is C9H11ClN2O4S. The number of sulfonamides is 1. The Balaban J connectivity index is 3.12. The van der Waals surface area contributed by atoms with Crippen molar-refractivity contribution in [3.63, 3.8) is 0 Å². The maximum atomic E-state index is 11.1. The summed E-state index contributed by atoms with van der Waals surface area (Å²) in [5, 5.41) is 16.5. The topological polar surface area (TPSA) is 109 Å². The van der Waals surface area contributed by atoms with Crippen molar-refractivity contribution in [1.82, 2.24) is 0 Å². The Bertz CT molecular complexity index is 544. The number of benzene rings is 1. The highest BCUT2D eigenvalue weighted by atomic mass is 35.5. The van der Waals surface area contributed by atoms with Gasteiger partial charge in [0.05, 0.1) is 15.6 Å². The van der Waals surface area contributed by atoms with Gasteiger partial charge in [-0.05, 0) is 25.1 Å². The summed E-state index contributed by atoms with van der Waals surface area (Å²) in [6, 6.07) is 2.87. The average molecular weight is 279 g/mol. The number of carboxylic acids is 1. The fraction of sp³-hybridized carbons (Fsp3) is 0.222. The highest BCUT2D eigenvalue weighted by molar-refractivity contribution is 7.89. The van der Waals surface area contributed by atoms with Gasteiger partial charge in [-0.2, -0.15) is 0 Å². The molecule has 1 rings (SSSR count). The number of carbonyl (C=O) groups is 1. The summed E-state index contributed by atoms with van der Waals surface area (Å²) >= 11 is 5.80. The van der Waals surface area contributed by atoms with E-state index in [9.17, 15) is 13.2 Å². The molecule has 0 aliphatic heterocycles. The Morgan fingerprint density at radius 3 is 2.59 bits per heavy atom. The molecule has 17 heavy (non-hydrogen) atoms. The van der Waals surface area contributed by atoms with Gasteiger partial charge in [0, 0.05) is 0 Å². The van der Waals surface area contributed by atoms with Gasteiger partial charge < -0.3 is 10.4 Å². The Morgan fingerprint density at radius 2 is 2.12 bits per heavy atom. The van der Waals surface area contributed by atoms with E-state index in [0.29, 0.717) is 0 Å². The zero-order valence-corrected chi connectivity index (χ0v) is 10.4. The lowest BCUT2D eigenvalue weighted by Crippen LogP contribution is -2.25. The van der Waals surface area contributed by atoms with Crippen molar-refractivity contribution in [3.8, 4) is 0 Å². The molecular weight excluding hydrogens is 268 g/mol. The molecule has 0 aliphatic carbocycles. The van der Waals surface area contributed by atoms with Crippen molar-refractivity contribution >= 4 is 33.3 Å². The number of rotatable bonds is 4. The average Bonchev–Trinajstić information content (AvgIpc) is 2.19. The fourth-order valence-electron chi connectivity index (χ4n) is 1.09. The minimum absolute atomic E-state index is 0.137. The Kier molecular flexibility index (Phi) is 3.97. The highest BCUT2D eigenvalue weighted by Crippen LogP contribution is 2.25. The number of hydrogen-bond donors (Lipinski definition) is 3. The normalized spacial score (nSPS) is 13.1. The first-order valence-corrected chi connectivity index (χ1v) is 6.46. The molecule has 1 aromatic rings. The standard InChI is InChI=1S/C9H11ClN2O4S/c1-5(9(13)14)12-8-4-6(17(11,15)16)2-3-7(8)10/h2-5,12H,1H3,(H,13,14)(H2,11,15,16). The zero-order chi connectivity index (χ0) is 13.2. The molecule has 0 radical (unpaired) electrons. The first kappa shape index (κ1) is 13.8. The molecule has 0 spiro atoms. The van der Waals surface area contributed by atoms with Crippen LogP contribution in [0.1, 0.15) is 6.92 Å². The number of carboxylic acid groups (broad SMARTS) is 1. The lowest BCUT2D eigenvalue weighted by Gasteiger charge is -2.13. The SMILES string of the molecule is CC(Nc1cc(S(N)(=O)=O)ccc1Cl)C(=O)O. The Morgan fingerprint density at radius 1 is 1.53 bits per heavy atom. The quantitative estimate of drug-likeness (QED) is 0.757. The molecule has 8 heteroatoms. The van der Waals surface area contributed by atoms with Gasteiger partial charge in [0.1, 0.15) is 6.04 Å². The lowest BCUT2D eigenvalue weighted by atomic mass is 10.2. The van der Waals surface area contributed by atoms with Crippen LogP contribution < -0.4 is 10.5 Å². The molecule has 1 unspecified atom stereocenters. The van der Waals surface area contributed by atoms with Gasteiger partial charge in [-0.3, -0.25) is 4.79 Å². The minimum atomic E-state index is -3.84. The van der Waals surface area contributed by atoms with Gasteiger partial charge in [-0.1, -0.05) is 11.6 Å². The number of anilines is 1. The largest absolute Gasteiger partial charge is 0.480 e. The number of primary sulfonamides is 1. The van der Waals surface area contributed by atoms with E-state index in [2.05, 4.69) is 5.32 Å². The minimum Gasteiger partial charge on any atom is -0.480 e. The van der Waals surface area contributed by atoms with Crippen LogP contribution in [0.15, 0.2) is 23.1 Å². The van der Waals surface area contributed by atoms with Gasteiger partial charge in [0.25, 0.3) is 0 Å².